The summed E-state index contributed by atoms with van der Waals surface area (Å²) in [5.74, 6) is -0.0632. The van der Waals surface area contributed by atoms with E-state index < -0.39 is 16.6 Å². The Morgan fingerprint density at radius 3 is 2.50 bits per heavy atom. The van der Waals surface area contributed by atoms with Gasteiger partial charge in [0.25, 0.3) is 0 Å². The van der Waals surface area contributed by atoms with Gasteiger partial charge in [0.15, 0.2) is 0 Å². The lowest BCUT2D eigenvalue weighted by molar-refractivity contribution is -0.384. The average Bonchev–Trinajstić information content (AvgIpc) is 2.73. The highest BCUT2D eigenvalue weighted by molar-refractivity contribution is 5.89. The zero-order chi connectivity index (χ0) is 24.9. The molecule has 0 unspecified atom stereocenters. The molecular weight excluding hydrogens is 440 g/mol. The number of alkyl carbamates (subject to hydrolysis) is 1. The Kier molecular flexibility index (Phi) is 7.67. The number of nitro groups is 1. The number of anilines is 2. The zero-order valence-electron chi connectivity index (χ0n) is 19.8. The van der Waals surface area contributed by atoms with Crippen molar-refractivity contribution in [1.29, 1.82) is 0 Å². The summed E-state index contributed by atoms with van der Waals surface area (Å²) in [6.45, 7) is 7.96. The molecule has 0 spiro atoms. The minimum Gasteiger partial charge on any atom is -0.444 e. The van der Waals surface area contributed by atoms with Crippen molar-refractivity contribution in [2.24, 2.45) is 0 Å². The van der Waals surface area contributed by atoms with Crippen LogP contribution in [-0.4, -0.2) is 51.6 Å². The molecule has 2 heterocycles. The van der Waals surface area contributed by atoms with Gasteiger partial charge in [0, 0.05) is 43.4 Å². The molecule has 0 radical (unpaired) electrons. The van der Waals surface area contributed by atoms with Crippen molar-refractivity contribution in [1.82, 2.24) is 15.3 Å². The molecule has 0 saturated carbocycles. The van der Waals surface area contributed by atoms with E-state index in [0.29, 0.717) is 42.9 Å². The van der Waals surface area contributed by atoms with Gasteiger partial charge in [-0.25, -0.2) is 14.8 Å². The van der Waals surface area contributed by atoms with Crippen molar-refractivity contribution in [2.75, 3.05) is 23.8 Å². The highest BCUT2D eigenvalue weighted by atomic mass is 16.6. The van der Waals surface area contributed by atoms with Gasteiger partial charge in [0.1, 0.15) is 5.60 Å². The van der Waals surface area contributed by atoms with E-state index in [4.69, 9.17) is 4.74 Å². The second-order valence-electron chi connectivity index (χ2n) is 9.10. The summed E-state index contributed by atoms with van der Waals surface area (Å²) < 4.78 is 5.30. The van der Waals surface area contributed by atoms with Crippen LogP contribution in [0.4, 0.5) is 22.0 Å². The van der Waals surface area contributed by atoms with Crippen LogP contribution in [0.1, 0.15) is 40.5 Å². The number of pyridine rings is 1. The molecule has 0 atom stereocenters. The van der Waals surface area contributed by atoms with Gasteiger partial charge in [-0.2, -0.15) is 0 Å². The second kappa shape index (κ2) is 10.5. The molecule has 0 bridgehead atoms. The summed E-state index contributed by atoms with van der Waals surface area (Å²) in [6.07, 6.45) is 0.849. The van der Waals surface area contributed by atoms with Gasteiger partial charge in [0.2, 0.25) is 11.7 Å². The van der Waals surface area contributed by atoms with Crippen LogP contribution in [0.15, 0.2) is 36.4 Å². The van der Waals surface area contributed by atoms with Crippen LogP contribution in [0.25, 0.3) is 11.3 Å². The van der Waals surface area contributed by atoms with Gasteiger partial charge in [-0.1, -0.05) is 12.1 Å². The summed E-state index contributed by atoms with van der Waals surface area (Å²) in [5, 5.41) is 19.0. The summed E-state index contributed by atoms with van der Waals surface area (Å²) in [4.78, 5) is 38.9. The number of piperidine rings is 1. The maximum absolute atomic E-state index is 12.0. The predicted octanol–water partition coefficient (Wildman–Crippen LogP) is 3.93. The maximum Gasteiger partial charge on any atom is 0.407 e. The Morgan fingerprint density at radius 1 is 1.18 bits per heavy atom. The molecule has 182 valence electrons. The minimum absolute atomic E-state index is 0.0429. The molecule has 1 aromatic heterocycles. The molecule has 34 heavy (non-hydrogen) atoms. The van der Waals surface area contributed by atoms with E-state index in [2.05, 4.69) is 21.0 Å². The molecule has 1 aliphatic heterocycles. The Bertz CT molecular complexity index is 1060. The zero-order valence-corrected chi connectivity index (χ0v) is 19.8. The highest BCUT2D eigenvalue weighted by Gasteiger charge is 2.25. The lowest BCUT2D eigenvalue weighted by Crippen LogP contribution is -2.47. The standard InChI is InChI=1S/C23H30N6O5/c1-15(30)24-18-7-5-6-16(14-18)19-8-9-20(29(32)33)21(26-19)27-28-12-10-17(11-13-28)25-22(31)34-23(2,3)4/h5-9,14,17H,10-13H2,1-4H3,(H,24,30)(H,25,31)(H,26,27). The summed E-state index contributed by atoms with van der Waals surface area (Å²) in [7, 11) is 0. The number of ether oxygens (including phenoxy) is 1. The maximum atomic E-state index is 12.0. The van der Waals surface area contributed by atoms with Crippen molar-refractivity contribution in [3.8, 4) is 11.3 Å². The van der Waals surface area contributed by atoms with Crippen molar-refractivity contribution >= 4 is 29.2 Å². The first-order valence-corrected chi connectivity index (χ1v) is 11.0. The van der Waals surface area contributed by atoms with E-state index in [0.717, 1.165) is 0 Å². The monoisotopic (exact) mass is 470 g/mol. The number of aromatic nitrogens is 1. The number of amides is 2. The molecule has 11 heteroatoms. The molecular formula is C23H30N6O5. The average molecular weight is 471 g/mol. The lowest BCUT2D eigenvalue weighted by atomic mass is 10.1. The first kappa shape index (κ1) is 24.9. The SMILES string of the molecule is CC(=O)Nc1cccc(-c2ccc([N+](=O)[O-])c(NN3CCC(NC(=O)OC(C)(C)C)CC3)n2)c1. The molecule has 2 aromatic rings. The summed E-state index contributed by atoms with van der Waals surface area (Å²) in [5.41, 5.74) is 4.21. The van der Waals surface area contributed by atoms with Gasteiger partial charge in [-0.05, 0) is 51.8 Å². The number of carbonyl (C=O) groups is 2. The Balaban J connectivity index is 1.69. The Hall–Kier alpha value is -3.73. The number of hydrogen-bond acceptors (Lipinski definition) is 8. The van der Waals surface area contributed by atoms with E-state index in [1.807, 2.05) is 31.8 Å². The number of benzene rings is 1. The van der Waals surface area contributed by atoms with E-state index in [1.54, 1.807) is 24.3 Å². The third kappa shape index (κ3) is 7.14. The largest absolute Gasteiger partial charge is 0.444 e. The normalized spacial score (nSPS) is 14.8. The first-order valence-electron chi connectivity index (χ1n) is 11.0. The van der Waals surface area contributed by atoms with Crippen LogP contribution in [-0.2, 0) is 9.53 Å². The van der Waals surface area contributed by atoms with E-state index in [9.17, 15) is 19.7 Å². The van der Waals surface area contributed by atoms with Gasteiger partial charge in [0.05, 0.1) is 10.6 Å². The molecule has 1 fully saturated rings. The molecule has 3 rings (SSSR count). The fourth-order valence-electron chi connectivity index (χ4n) is 3.56. The van der Waals surface area contributed by atoms with Crippen LogP contribution < -0.4 is 16.1 Å². The molecule has 1 aliphatic rings. The minimum atomic E-state index is -0.566. The number of nitrogens with one attached hydrogen (secondary N) is 3. The second-order valence-corrected chi connectivity index (χ2v) is 9.10. The van der Waals surface area contributed by atoms with Gasteiger partial charge < -0.3 is 15.4 Å². The van der Waals surface area contributed by atoms with Crippen LogP contribution in [0.3, 0.4) is 0 Å². The number of hydrazine groups is 1. The lowest BCUT2D eigenvalue weighted by Gasteiger charge is -2.33. The van der Waals surface area contributed by atoms with E-state index >= 15 is 0 Å². The molecule has 3 N–H and O–H groups in total. The fourth-order valence-corrected chi connectivity index (χ4v) is 3.56. The quantitative estimate of drug-likeness (QED) is 0.426. The molecule has 1 aromatic carbocycles. The van der Waals surface area contributed by atoms with Crippen LogP contribution in [0, 0.1) is 10.1 Å². The fraction of sp³-hybridized carbons (Fsp3) is 0.435. The number of carbonyl (C=O) groups excluding carboxylic acids is 2. The van der Waals surface area contributed by atoms with Crippen LogP contribution in [0.2, 0.25) is 0 Å². The van der Waals surface area contributed by atoms with Crippen molar-refractivity contribution in [3.63, 3.8) is 0 Å². The predicted molar refractivity (Wildman–Crippen MR) is 128 cm³/mol. The first-order chi connectivity index (χ1) is 16.0. The van der Waals surface area contributed by atoms with Gasteiger partial charge in [-0.15, -0.1) is 0 Å². The van der Waals surface area contributed by atoms with Gasteiger partial charge >= 0.3 is 11.8 Å². The topological polar surface area (TPSA) is 139 Å². The van der Waals surface area contributed by atoms with Crippen LogP contribution >= 0.6 is 0 Å². The number of nitrogens with zero attached hydrogens (tertiary/aromatic N) is 3. The Morgan fingerprint density at radius 2 is 1.88 bits per heavy atom. The van der Waals surface area contributed by atoms with E-state index in [-0.39, 0.29) is 23.5 Å². The van der Waals surface area contributed by atoms with E-state index in [1.165, 1.54) is 13.0 Å². The summed E-state index contributed by atoms with van der Waals surface area (Å²) in [6, 6.07) is 10.0. The third-order valence-electron chi connectivity index (χ3n) is 5.03. The van der Waals surface area contributed by atoms with Gasteiger partial charge in [-0.3, -0.25) is 20.3 Å². The Labute approximate surface area is 198 Å². The molecule has 0 aliphatic carbocycles. The van der Waals surface area contributed by atoms with Crippen molar-refractivity contribution in [2.45, 2.75) is 52.2 Å². The third-order valence-corrected chi connectivity index (χ3v) is 5.03. The van der Waals surface area contributed by atoms with Crippen molar-refractivity contribution < 1.29 is 19.2 Å². The smallest absolute Gasteiger partial charge is 0.407 e. The summed E-state index contributed by atoms with van der Waals surface area (Å²) >= 11 is 0. The molecule has 1 saturated heterocycles. The molecule has 11 nitrogen and oxygen atoms in total. The molecule has 2 amide bonds. The number of rotatable bonds is 6. The van der Waals surface area contributed by atoms with Crippen molar-refractivity contribution in [3.05, 3.63) is 46.5 Å². The highest BCUT2D eigenvalue weighted by Crippen LogP contribution is 2.29. The van der Waals surface area contributed by atoms with Crippen LogP contribution in [0.5, 0.6) is 0 Å². The number of hydrogen-bond donors (Lipinski definition) is 3.